The molecule has 3 nitrogen and oxygen atoms in total. The van der Waals surface area contributed by atoms with Gasteiger partial charge in [-0.2, -0.15) is 0 Å². The van der Waals surface area contributed by atoms with Gasteiger partial charge in [-0.3, -0.25) is 4.90 Å². The van der Waals surface area contributed by atoms with Crippen molar-refractivity contribution in [3.63, 3.8) is 0 Å². The van der Waals surface area contributed by atoms with Crippen molar-refractivity contribution in [2.24, 2.45) is 0 Å². The predicted molar refractivity (Wildman–Crippen MR) is 82.4 cm³/mol. The van der Waals surface area contributed by atoms with E-state index in [1.54, 1.807) is 0 Å². The van der Waals surface area contributed by atoms with Gasteiger partial charge >= 0.3 is 0 Å². The fraction of sp³-hybridized carbons (Fsp3) is 0.600. The molecule has 0 aliphatic carbocycles. The van der Waals surface area contributed by atoms with Crippen molar-refractivity contribution in [1.82, 2.24) is 4.90 Å². The summed E-state index contributed by atoms with van der Waals surface area (Å²) in [5.41, 5.74) is 2.37. The Morgan fingerprint density at radius 2 is 2.11 bits per heavy atom. The summed E-state index contributed by atoms with van der Waals surface area (Å²) >= 11 is 6.15. The molecule has 2 fully saturated rings. The summed E-state index contributed by atoms with van der Waals surface area (Å²) in [5.74, 6) is 0. The quantitative estimate of drug-likeness (QED) is 0.917. The number of benzene rings is 1. The predicted octanol–water partition coefficient (Wildman–Crippen LogP) is 3.05. The van der Waals surface area contributed by atoms with Crippen molar-refractivity contribution in [1.29, 1.82) is 0 Å². The third-order valence-electron chi connectivity index (χ3n) is 4.39. The highest BCUT2D eigenvalue weighted by Crippen LogP contribution is 2.34. The second-order valence-electron chi connectivity index (χ2n) is 5.84. The lowest BCUT2D eigenvalue weighted by Crippen LogP contribution is -2.34. The summed E-state index contributed by atoms with van der Waals surface area (Å²) in [5, 5.41) is 4.54. The van der Waals surface area contributed by atoms with Crippen LogP contribution >= 0.6 is 11.6 Å². The van der Waals surface area contributed by atoms with Crippen molar-refractivity contribution in [3.8, 4) is 0 Å². The Morgan fingerprint density at radius 3 is 2.89 bits per heavy atom. The van der Waals surface area contributed by atoms with Crippen LogP contribution < -0.4 is 10.2 Å². The first kappa shape index (κ1) is 13.1. The van der Waals surface area contributed by atoms with Crippen molar-refractivity contribution < 1.29 is 0 Å². The molecule has 2 aliphatic heterocycles. The van der Waals surface area contributed by atoms with Gasteiger partial charge in [-0.1, -0.05) is 11.6 Å². The van der Waals surface area contributed by atoms with Crippen LogP contribution in [0.4, 0.5) is 11.4 Å². The molecule has 19 heavy (non-hydrogen) atoms. The fourth-order valence-electron chi connectivity index (χ4n) is 3.46. The number of rotatable bonds is 3. The van der Waals surface area contributed by atoms with Gasteiger partial charge in [0, 0.05) is 37.7 Å². The largest absolute Gasteiger partial charge is 0.379 e. The number of anilines is 2. The molecule has 1 aromatic rings. The Hall–Kier alpha value is -0.930. The lowest BCUT2D eigenvalue weighted by atomic mass is 10.1. The maximum Gasteiger partial charge on any atom is 0.0597 e. The third kappa shape index (κ3) is 2.54. The van der Waals surface area contributed by atoms with Crippen LogP contribution in [-0.4, -0.2) is 44.2 Å². The third-order valence-corrected chi connectivity index (χ3v) is 4.62. The Labute approximate surface area is 120 Å². The highest BCUT2D eigenvalue weighted by molar-refractivity contribution is 6.31. The van der Waals surface area contributed by atoms with Gasteiger partial charge in [0.1, 0.15) is 0 Å². The van der Waals surface area contributed by atoms with E-state index in [0.29, 0.717) is 12.1 Å². The first-order chi connectivity index (χ1) is 9.15. The van der Waals surface area contributed by atoms with E-state index in [-0.39, 0.29) is 0 Å². The first-order valence-corrected chi connectivity index (χ1v) is 7.50. The van der Waals surface area contributed by atoms with Crippen molar-refractivity contribution in [3.05, 3.63) is 23.2 Å². The van der Waals surface area contributed by atoms with Crippen LogP contribution in [0.15, 0.2) is 18.2 Å². The van der Waals surface area contributed by atoms with Crippen LogP contribution in [0.25, 0.3) is 0 Å². The molecule has 0 aromatic heterocycles. The summed E-state index contributed by atoms with van der Waals surface area (Å²) in [6.07, 6.45) is 3.92. The molecule has 0 bridgehead atoms. The Bertz CT molecular complexity index is 461. The maximum absolute atomic E-state index is 6.15. The Morgan fingerprint density at radius 1 is 1.26 bits per heavy atom. The topological polar surface area (TPSA) is 18.5 Å². The molecule has 2 unspecified atom stereocenters. The SMILES string of the molecule is CN(C)c1ccc(Cl)cc1NC1CCN2CCCC12. The summed E-state index contributed by atoms with van der Waals surface area (Å²) in [4.78, 5) is 4.76. The van der Waals surface area contributed by atoms with Crippen LogP contribution in [0.5, 0.6) is 0 Å². The summed E-state index contributed by atoms with van der Waals surface area (Å²) in [6.45, 7) is 2.51. The molecular weight excluding hydrogens is 258 g/mol. The number of nitrogens with one attached hydrogen (secondary N) is 1. The first-order valence-electron chi connectivity index (χ1n) is 7.12. The number of halogens is 1. The summed E-state index contributed by atoms with van der Waals surface area (Å²) in [7, 11) is 4.15. The maximum atomic E-state index is 6.15. The molecule has 2 aliphatic rings. The van der Waals surface area contributed by atoms with Gasteiger partial charge < -0.3 is 10.2 Å². The minimum absolute atomic E-state index is 0.569. The number of hydrogen-bond acceptors (Lipinski definition) is 3. The summed E-state index contributed by atoms with van der Waals surface area (Å²) in [6, 6.07) is 7.38. The van der Waals surface area contributed by atoms with Gasteiger partial charge in [-0.05, 0) is 44.0 Å². The van der Waals surface area contributed by atoms with Crippen LogP contribution in [0.1, 0.15) is 19.3 Å². The van der Waals surface area contributed by atoms with E-state index in [0.717, 1.165) is 10.7 Å². The Balaban J connectivity index is 1.81. The van der Waals surface area contributed by atoms with Gasteiger partial charge in [0.05, 0.1) is 11.4 Å². The minimum Gasteiger partial charge on any atom is -0.379 e. The molecule has 0 spiro atoms. The zero-order chi connectivity index (χ0) is 13.4. The van der Waals surface area contributed by atoms with E-state index in [2.05, 4.69) is 41.3 Å². The minimum atomic E-state index is 0.569. The molecule has 0 saturated carbocycles. The van der Waals surface area contributed by atoms with Crippen molar-refractivity contribution in [2.75, 3.05) is 37.4 Å². The molecule has 1 N–H and O–H groups in total. The molecule has 4 heteroatoms. The highest BCUT2D eigenvalue weighted by Gasteiger charge is 2.37. The van der Waals surface area contributed by atoms with E-state index in [9.17, 15) is 0 Å². The highest BCUT2D eigenvalue weighted by atomic mass is 35.5. The van der Waals surface area contributed by atoms with E-state index < -0.39 is 0 Å². The van der Waals surface area contributed by atoms with Crippen LogP contribution in [0, 0.1) is 0 Å². The molecule has 3 rings (SSSR count). The van der Waals surface area contributed by atoms with E-state index in [4.69, 9.17) is 11.6 Å². The molecular formula is C15H22ClN3. The average Bonchev–Trinajstić information content (AvgIpc) is 2.94. The van der Waals surface area contributed by atoms with E-state index in [1.807, 2.05) is 6.07 Å². The monoisotopic (exact) mass is 279 g/mol. The lowest BCUT2D eigenvalue weighted by Gasteiger charge is -2.25. The van der Waals surface area contributed by atoms with Crippen molar-refractivity contribution in [2.45, 2.75) is 31.3 Å². The second kappa shape index (κ2) is 5.22. The molecule has 2 atom stereocenters. The van der Waals surface area contributed by atoms with Gasteiger partial charge in [-0.25, -0.2) is 0 Å². The number of hydrogen-bond donors (Lipinski definition) is 1. The molecule has 2 saturated heterocycles. The van der Waals surface area contributed by atoms with Gasteiger partial charge in [0.2, 0.25) is 0 Å². The zero-order valence-electron chi connectivity index (χ0n) is 11.7. The smallest absolute Gasteiger partial charge is 0.0597 e. The second-order valence-corrected chi connectivity index (χ2v) is 6.28. The average molecular weight is 280 g/mol. The molecule has 0 amide bonds. The molecule has 104 valence electrons. The normalized spacial score (nSPS) is 26.5. The number of nitrogens with zero attached hydrogens (tertiary/aromatic N) is 2. The molecule has 1 aromatic carbocycles. The molecule has 2 heterocycles. The molecule has 0 radical (unpaired) electrons. The van der Waals surface area contributed by atoms with E-state index >= 15 is 0 Å². The van der Waals surface area contributed by atoms with Crippen LogP contribution in [-0.2, 0) is 0 Å². The zero-order valence-corrected chi connectivity index (χ0v) is 12.5. The fourth-order valence-corrected chi connectivity index (χ4v) is 3.64. The van der Waals surface area contributed by atoms with Gasteiger partial charge in [0.25, 0.3) is 0 Å². The van der Waals surface area contributed by atoms with Gasteiger partial charge in [0.15, 0.2) is 0 Å². The standard InChI is InChI=1S/C15H22ClN3/c1-18(2)14-6-5-11(16)10-13(14)17-12-7-9-19-8-3-4-15(12)19/h5-6,10,12,15,17H,3-4,7-9H2,1-2H3. The Kier molecular flexibility index (Phi) is 3.59. The van der Waals surface area contributed by atoms with E-state index in [1.165, 1.54) is 38.0 Å². The number of fused-ring (bicyclic) bond motifs is 1. The van der Waals surface area contributed by atoms with Crippen LogP contribution in [0.3, 0.4) is 0 Å². The summed E-state index contributed by atoms with van der Waals surface area (Å²) < 4.78 is 0. The van der Waals surface area contributed by atoms with Crippen LogP contribution in [0.2, 0.25) is 5.02 Å². The van der Waals surface area contributed by atoms with Crippen molar-refractivity contribution >= 4 is 23.0 Å². The van der Waals surface area contributed by atoms with Gasteiger partial charge in [-0.15, -0.1) is 0 Å². The lowest BCUT2D eigenvalue weighted by molar-refractivity contribution is 0.318.